The van der Waals surface area contributed by atoms with Crippen LogP contribution in [0.4, 0.5) is 0 Å². The van der Waals surface area contributed by atoms with Crippen LogP contribution in [0.2, 0.25) is 0 Å². The van der Waals surface area contributed by atoms with Gasteiger partial charge in [0.25, 0.3) is 0 Å². The van der Waals surface area contributed by atoms with Gasteiger partial charge in [-0.25, -0.2) is 8.42 Å². The number of sulfone groups is 1. The van der Waals surface area contributed by atoms with E-state index in [1.165, 1.54) is 6.26 Å². The lowest BCUT2D eigenvalue weighted by atomic mass is 10.0. The molecule has 0 unspecified atom stereocenters. The average Bonchev–Trinajstić information content (AvgIpc) is 2.34. The third kappa shape index (κ3) is 4.06. The fourth-order valence-electron chi connectivity index (χ4n) is 1.62. The molecular weight excluding hydrogens is 190 g/mol. The van der Waals surface area contributed by atoms with E-state index in [0.717, 1.165) is 13.0 Å². The molecule has 0 aromatic carbocycles. The monoisotopic (exact) mass is 207 g/mol. The minimum atomic E-state index is -2.84. The van der Waals surface area contributed by atoms with Gasteiger partial charge in [0.15, 0.2) is 0 Å². The zero-order chi connectivity index (χ0) is 9.90. The van der Waals surface area contributed by atoms with Crippen LogP contribution in [0.5, 0.6) is 0 Å². The molecule has 1 rings (SSSR count). The Kier molecular flexibility index (Phi) is 3.70. The van der Waals surface area contributed by atoms with Crippen molar-refractivity contribution in [3.8, 4) is 0 Å². The van der Waals surface area contributed by atoms with E-state index in [1.54, 1.807) is 0 Å². The third-order valence-electron chi connectivity index (χ3n) is 2.39. The van der Waals surface area contributed by atoms with Crippen LogP contribution in [0.1, 0.15) is 12.8 Å². The molecule has 0 aliphatic carbocycles. The van der Waals surface area contributed by atoms with Crippen molar-refractivity contribution in [1.82, 2.24) is 5.32 Å². The maximum absolute atomic E-state index is 10.8. The molecule has 0 spiro atoms. The van der Waals surface area contributed by atoms with Gasteiger partial charge < -0.3 is 10.4 Å². The molecule has 2 atom stereocenters. The molecule has 0 saturated carbocycles. The molecule has 0 bridgehead atoms. The topological polar surface area (TPSA) is 66.4 Å². The highest BCUT2D eigenvalue weighted by Gasteiger charge is 2.24. The Morgan fingerprint density at radius 3 is 2.62 bits per heavy atom. The van der Waals surface area contributed by atoms with Gasteiger partial charge in [0.2, 0.25) is 0 Å². The summed E-state index contributed by atoms with van der Waals surface area (Å²) in [5.74, 6) is 0.470. The first-order chi connectivity index (χ1) is 5.99. The van der Waals surface area contributed by atoms with Crippen LogP contribution in [0.15, 0.2) is 0 Å². The average molecular weight is 207 g/mol. The fourth-order valence-corrected chi connectivity index (χ4v) is 2.31. The quantitative estimate of drug-likeness (QED) is 0.645. The van der Waals surface area contributed by atoms with Gasteiger partial charge in [-0.15, -0.1) is 0 Å². The smallest absolute Gasteiger partial charge is 0.147 e. The fraction of sp³-hybridized carbons (Fsp3) is 1.00. The second kappa shape index (κ2) is 4.39. The second-order valence-corrected chi connectivity index (χ2v) is 6.02. The van der Waals surface area contributed by atoms with Gasteiger partial charge in [-0.2, -0.15) is 0 Å². The largest absolute Gasteiger partial charge is 0.391 e. The molecule has 1 fully saturated rings. The molecule has 5 heteroatoms. The summed E-state index contributed by atoms with van der Waals surface area (Å²) < 4.78 is 21.6. The molecule has 78 valence electrons. The van der Waals surface area contributed by atoms with E-state index in [4.69, 9.17) is 0 Å². The van der Waals surface area contributed by atoms with E-state index < -0.39 is 9.84 Å². The van der Waals surface area contributed by atoms with Crippen molar-refractivity contribution in [3.05, 3.63) is 0 Å². The first-order valence-electron chi connectivity index (χ1n) is 4.55. The molecule has 4 nitrogen and oxygen atoms in total. The lowest BCUT2D eigenvalue weighted by Gasteiger charge is -2.11. The molecule has 1 aliphatic rings. The van der Waals surface area contributed by atoms with Crippen LogP contribution >= 0.6 is 0 Å². The molecule has 1 aliphatic heterocycles. The molecule has 0 amide bonds. The molecule has 0 radical (unpaired) electrons. The van der Waals surface area contributed by atoms with E-state index >= 15 is 0 Å². The Bertz CT molecular complexity index is 250. The van der Waals surface area contributed by atoms with Crippen LogP contribution in [0.3, 0.4) is 0 Å². The number of hydrogen-bond donors (Lipinski definition) is 2. The summed E-state index contributed by atoms with van der Waals surface area (Å²) >= 11 is 0. The molecule has 2 N–H and O–H groups in total. The van der Waals surface area contributed by atoms with Crippen molar-refractivity contribution in [2.45, 2.75) is 18.9 Å². The van der Waals surface area contributed by atoms with Gasteiger partial charge >= 0.3 is 0 Å². The predicted molar refractivity (Wildman–Crippen MR) is 51.3 cm³/mol. The van der Waals surface area contributed by atoms with E-state index in [9.17, 15) is 13.5 Å². The zero-order valence-electron chi connectivity index (χ0n) is 7.86. The molecule has 0 aromatic rings. The summed E-state index contributed by atoms with van der Waals surface area (Å²) in [4.78, 5) is 0. The Morgan fingerprint density at radius 1 is 1.46 bits per heavy atom. The Balaban J connectivity index is 2.19. The van der Waals surface area contributed by atoms with Crippen LogP contribution < -0.4 is 5.32 Å². The lowest BCUT2D eigenvalue weighted by molar-refractivity contribution is 0.142. The number of rotatable bonds is 4. The normalized spacial score (nSPS) is 29.4. The Morgan fingerprint density at radius 2 is 2.15 bits per heavy atom. The predicted octanol–water partition coefficient (Wildman–Crippen LogP) is -0.608. The SMILES string of the molecule is CS(=O)(=O)CCC[C@@H]1CNC[C@H]1O. The van der Waals surface area contributed by atoms with E-state index in [1.807, 2.05) is 0 Å². The summed E-state index contributed by atoms with van der Waals surface area (Å²) in [7, 11) is -2.84. The Labute approximate surface area is 79.3 Å². The number of β-amino-alcohol motifs (C(OH)–C–C–N with tert-alkyl or cyclic N) is 1. The molecule has 1 saturated heterocycles. The summed E-state index contributed by atoms with van der Waals surface area (Å²) in [6.07, 6.45) is 2.40. The summed E-state index contributed by atoms with van der Waals surface area (Å²) in [5, 5.41) is 12.5. The van der Waals surface area contributed by atoms with Crippen molar-refractivity contribution in [2.75, 3.05) is 25.1 Å². The van der Waals surface area contributed by atoms with Gasteiger partial charge in [0, 0.05) is 25.1 Å². The van der Waals surface area contributed by atoms with Crippen molar-refractivity contribution < 1.29 is 13.5 Å². The molecule has 13 heavy (non-hydrogen) atoms. The van der Waals surface area contributed by atoms with Crippen molar-refractivity contribution in [1.29, 1.82) is 0 Å². The minimum Gasteiger partial charge on any atom is -0.391 e. The first-order valence-corrected chi connectivity index (χ1v) is 6.61. The van der Waals surface area contributed by atoms with Gasteiger partial charge in [0.1, 0.15) is 9.84 Å². The van der Waals surface area contributed by atoms with E-state index in [-0.39, 0.29) is 17.8 Å². The van der Waals surface area contributed by atoms with Crippen molar-refractivity contribution in [3.63, 3.8) is 0 Å². The van der Waals surface area contributed by atoms with Crippen LogP contribution in [0, 0.1) is 5.92 Å². The maximum Gasteiger partial charge on any atom is 0.147 e. The number of hydrogen-bond acceptors (Lipinski definition) is 4. The van der Waals surface area contributed by atoms with E-state index in [0.29, 0.717) is 13.0 Å². The van der Waals surface area contributed by atoms with Crippen LogP contribution in [0.25, 0.3) is 0 Å². The lowest BCUT2D eigenvalue weighted by Crippen LogP contribution is -2.18. The number of nitrogens with one attached hydrogen (secondary N) is 1. The highest BCUT2D eigenvalue weighted by atomic mass is 32.2. The van der Waals surface area contributed by atoms with Gasteiger partial charge in [-0.3, -0.25) is 0 Å². The third-order valence-corrected chi connectivity index (χ3v) is 3.42. The second-order valence-electron chi connectivity index (χ2n) is 3.76. The molecular formula is C8H17NO3S. The highest BCUT2D eigenvalue weighted by molar-refractivity contribution is 7.90. The van der Waals surface area contributed by atoms with Gasteiger partial charge in [-0.05, 0) is 18.8 Å². The first kappa shape index (κ1) is 10.9. The minimum absolute atomic E-state index is 0.232. The molecule has 0 aromatic heterocycles. The zero-order valence-corrected chi connectivity index (χ0v) is 8.68. The van der Waals surface area contributed by atoms with Crippen LogP contribution in [-0.2, 0) is 9.84 Å². The standard InChI is InChI=1S/C8H17NO3S/c1-13(11,12)4-2-3-7-5-9-6-8(7)10/h7-10H,2-6H2,1H3/t7-,8-/m1/s1. The van der Waals surface area contributed by atoms with E-state index in [2.05, 4.69) is 5.32 Å². The highest BCUT2D eigenvalue weighted by Crippen LogP contribution is 2.15. The van der Waals surface area contributed by atoms with Crippen molar-refractivity contribution in [2.24, 2.45) is 5.92 Å². The number of aliphatic hydroxyl groups is 1. The summed E-state index contributed by atoms with van der Waals surface area (Å²) in [5.41, 5.74) is 0. The van der Waals surface area contributed by atoms with Crippen LogP contribution in [-0.4, -0.2) is 44.7 Å². The summed E-state index contributed by atoms with van der Waals surface area (Å²) in [6.45, 7) is 1.45. The summed E-state index contributed by atoms with van der Waals surface area (Å²) in [6, 6.07) is 0. The molecule has 1 heterocycles. The van der Waals surface area contributed by atoms with Gasteiger partial charge in [-0.1, -0.05) is 0 Å². The maximum atomic E-state index is 10.8. The van der Waals surface area contributed by atoms with Crippen molar-refractivity contribution >= 4 is 9.84 Å². The van der Waals surface area contributed by atoms with Gasteiger partial charge in [0.05, 0.1) is 6.10 Å². The number of aliphatic hydroxyl groups excluding tert-OH is 1. The Hall–Kier alpha value is -0.130.